The minimum Gasteiger partial charge on any atom is -0.333 e. The molecule has 3 aromatic rings. The van der Waals surface area contributed by atoms with Crippen molar-refractivity contribution in [2.24, 2.45) is 0 Å². The van der Waals surface area contributed by atoms with Crippen LogP contribution in [0.5, 0.6) is 0 Å². The van der Waals surface area contributed by atoms with Gasteiger partial charge < -0.3 is 4.90 Å². The van der Waals surface area contributed by atoms with Gasteiger partial charge in [0.05, 0.1) is 16.8 Å². The Morgan fingerprint density at radius 3 is 1.97 bits per heavy atom. The smallest absolute Gasteiger partial charge is 0.255 e. The van der Waals surface area contributed by atoms with Gasteiger partial charge in [-0.05, 0) is 37.8 Å². The van der Waals surface area contributed by atoms with Crippen LogP contribution in [0.4, 0.5) is 0 Å². The lowest BCUT2D eigenvalue weighted by molar-refractivity contribution is 0.0450. The van der Waals surface area contributed by atoms with Gasteiger partial charge in [-0.25, -0.2) is 4.98 Å². The number of carbonyl (C=O) groups is 1. The molecule has 2 saturated carbocycles. The third-order valence-electron chi connectivity index (χ3n) is 7.19. The normalized spacial score (nSPS) is 18.2. The predicted molar refractivity (Wildman–Crippen MR) is 127 cm³/mol. The fourth-order valence-electron chi connectivity index (χ4n) is 5.60. The van der Waals surface area contributed by atoms with Crippen LogP contribution in [0.3, 0.4) is 0 Å². The highest BCUT2D eigenvalue weighted by molar-refractivity contribution is 6.07. The van der Waals surface area contributed by atoms with Crippen molar-refractivity contribution in [3.8, 4) is 11.3 Å². The molecular weight excluding hydrogens is 380 g/mol. The maximum atomic E-state index is 14.2. The average molecular weight is 413 g/mol. The van der Waals surface area contributed by atoms with Gasteiger partial charge >= 0.3 is 0 Å². The first kappa shape index (κ1) is 20.2. The molecule has 2 aliphatic carbocycles. The number of hydrogen-bond acceptors (Lipinski definition) is 2. The summed E-state index contributed by atoms with van der Waals surface area (Å²) in [5.41, 5.74) is 3.67. The van der Waals surface area contributed by atoms with E-state index in [4.69, 9.17) is 4.98 Å². The number of amides is 1. The van der Waals surface area contributed by atoms with E-state index >= 15 is 0 Å². The van der Waals surface area contributed by atoms with Crippen LogP contribution in [0.15, 0.2) is 60.7 Å². The van der Waals surface area contributed by atoms with Crippen molar-refractivity contribution in [3.05, 3.63) is 66.2 Å². The van der Waals surface area contributed by atoms with Crippen molar-refractivity contribution >= 4 is 16.8 Å². The zero-order chi connectivity index (χ0) is 21.0. The van der Waals surface area contributed by atoms with E-state index in [0.29, 0.717) is 12.1 Å². The lowest BCUT2D eigenvalue weighted by Gasteiger charge is -2.42. The second kappa shape index (κ2) is 9.21. The zero-order valence-electron chi connectivity index (χ0n) is 18.3. The van der Waals surface area contributed by atoms with Crippen molar-refractivity contribution in [2.75, 3.05) is 0 Å². The number of fused-ring (bicyclic) bond motifs is 1. The third-order valence-corrected chi connectivity index (χ3v) is 7.19. The van der Waals surface area contributed by atoms with E-state index in [1.807, 2.05) is 42.5 Å². The standard InChI is InChI=1S/C28H32N2O/c31-28(30(22-14-6-2-7-15-22)23-16-8-3-9-17-23)25-20-27(21-12-4-1-5-13-21)29-26-19-11-10-18-24(25)26/h1,4-5,10-13,18-20,22-23H,2-3,6-9,14-17H2. The number of hydrogen-bond donors (Lipinski definition) is 0. The Hall–Kier alpha value is -2.68. The second-order valence-corrected chi connectivity index (χ2v) is 9.23. The Morgan fingerprint density at radius 2 is 1.32 bits per heavy atom. The number of nitrogens with zero attached hydrogens (tertiary/aromatic N) is 2. The van der Waals surface area contributed by atoms with E-state index in [0.717, 1.165) is 53.4 Å². The summed E-state index contributed by atoms with van der Waals surface area (Å²) in [7, 11) is 0. The average Bonchev–Trinajstić information content (AvgIpc) is 2.85. The molecule has 0 saturated heterocycles. The van der Waals surface area contributed by atoms with Gasteiger partial charge in [-0.1, -0.05) is 87.1 Å². The molecule has 5 rings (SSSR count). The lowest BCUT2D eigenvalue weighted by Crippen LogP contribution is -2.48. The van der Waals surface area contributed by atoms with Crippen LogP contribution in [0.25, 0.3) is 22.2 Å². The summed E-state index contributed by atoms with van der Waals surface area (Å²) < 4.78 is 0. The zero-order valence-corrected chi connectivity index (χ0v) is 18.3. The second-order valence-electron chi connectivity index (χ2n) is 9.23. The number of benzene rings is 2. The lowest BCUT2D eigenvalue weighted by atomic mass is 9.87. The van der Waals surface area contributed by atoms with Crippen molar-refractivity contribution < 1.29 is 4.79 Å². The van der Waals surface area contributed by atoms with E-state index in [-0.39, 0.29) is 5.91 Å². The largest absolute Gasteiger partial charge is 0.333 e. The van der Waals surface area contributed by atoms with Crippen molar-refractivity contribution in [1.82, 2.24) is 9.88 Å². The molecule has 0 unspecified atom stereocenters. The molecule has 31 heavy (non-hydrogen) atoms. The van der Waals surface area contributed by atoms with Crippen LogP contribution in [-0.2, 0) is 0 Å². The fourth-order valence-corrected chi connectivity index (χ4v) is 5.60. The quantitative estimate of drug-likeness (QED) is 0.462. The van der Waals surface area contributed by atoms with Crippen molar-refractivity contribution in [1.29, 1.82) is 0 Å². The number of aromatic nitrogens is 1. The molecule has 0 radical (unpaired) electrons. The molecule has 1 aromatic heterocycles. The molecule has 0 bridgehead atoms. The van der Waals surface area contributed by atoms with Gasteiger partial charge in [-0.3, -0.25) is 4.79 Å². The van der Waals surface area contributed by atoms with E-state index in [2.05, 4.69) is 23.1 Å². The van der Waals surface area contributed by atoms with Crippen LogP contribution in [0.1, 0.15) is 74.6 Å². The summed E-state index contributed by atoms with van der Waals surface area (Å²) in [6, 6.07) is 21.2. The molecule has 3 heteroatoms. The van der Waals surface area contributed by atoms with Gasteiger partial charge in [0, 0.05) is 23.0 Å². The highest BCUT2D eigenvalue weighted by Crippen LogP contribution is 2.33. The van der Waals surface area contributed by atoms with Gasteiger partial charge in [0.2, 0.25) is 0 Å². The minimum absolute atomic E-state index is 0.217. The summed E-state index contributed by atoms with van der Waals surface area (Å²) in [6.07, 6.45) is 12.2. The predicted octanol–water partition coefficient (Wildman–Crippen LogP) is 7.01. The van der Waals surface area contributed by atoms with Gasteiger partial charge in [0.1, 0.15) is 0 Å². The first-order valence-corrected chi connectivity index (χ1v) is 12.1. The van der Waals surface area contributed by atoms with Gasteiger partial charge in [0.25, 0.3) is 5.91 Å². The first-order valence-electron chi connectivity index (χ1n) is 12.1. The summed E-state index contributed by atoms with van der Waals surface area (Å²) in [4.78, 5) is 21.5. The van der Waals surface area contributed by atoms with Gasteiger partial charge in [0.15, 0.2) is 0 Å². The molecule has 0 atom stereocenters. The summed E-state index contributed by atoms with van der Waals surface area (Å²) in [6.45, 7) is 0. The fraction of sp³-hybridized carbons (Fsp3) is 0.429. The van der Waals surface area contributed by atoms with E-state index in [9.17, 15) is 4.79 Å². The first-order chi connectivity index (χ1) is 15.3. The molecule has 160 valence electrons. The van der Waals surface area contributed by atoms with Gasteiger partial charge in [-0.2, -0.15) is 0 Å². The highest BCUT2D eigenvalue weighted by Gasteiger charge is 2.33. The maximum absolute atomic E-state index is 14.2. The van der Waals surface area contributed by atoms with Crippen LogP contribution in [-0.4, -0.2) is 27.9 Å². The van der Waals surface area contributed by atoms with E-state index in [1.54, 1.807) is 0 Å². The number of rotatable bonds is 4. The maximum Gasteiger partial charge on any atom is 0.255 e. The Morgan fingerprint density at radius 1 is 0.742 bits per heavy atom. The number of para-hydroxylation sites is 1. The van der Waals surface area contributed by atoms with Crippen LogP contribution in [0, 0.1) is 0 Å². The molecule has 2 aliphatic rings. The SMILES string of the molecule is O=C(c1cc(-c2ccccc2)nc2ccccc12)N(C1CCCCC1)C1CCCCC1. The van der Waals surface area contributed by atoms with Crippen LogP contribution >= 0.6 is 0 Å². The third kappa shape index (κ3) is 4.23. The van der Waals surface area contributed by atoms with Crippen molar-refractivity contribution in [3.63, 3.8) is 0 Å². The molecule has 0 spiro atoms. The minimum atomic E-state index is 0.217. The van der Waals surface area contributed by atoms with Gasteiger partial charge in [-0.15, -0.1) is 0 Å². The summed E-state index contributed by atoms with van der Waals surface area (Å²) >= 11 is 0. The summed E-state index contributed by atoms with van der Waals surface area (Å²) in [5.74, 6) is 0.217. The number of carbonyl (C=O) groups excluding carboxylic acids is 1. The van der Waals surface area contributed by atoms with E-state index in [1.165, 1.54) is 38.5 Å². The Kier molecular flexibility index (Phi) is 6.01. The number of pyridine rings is 1. The molecule has 3 nitrogen and oxygen atoms in total. The van der Waals surface area contributed by atoms with Crippen LogP contribution < -0.4 is 0 Å². The monoisotopic (exact) mass is 412 g/mol. The van der Waals surface area contributed by atoms with E-state index < -0.39 is 0 Å². The molecular formula is C28H32N2O. The Labute approximate surface area is 185 Å². The summed E-state index contributed by atoms with van der Waals surface area (Å²) in [5, 5.41) is 0.976. The van der Waals surface area contributed by atoms with Crippen molar-refractivity contribution in [2.45, 2.75) is 76.3 Å². The molecule has 2 aromatic carbocycles. The molecule has 1 amide bonds. The van der Waals surface area contributed by atoms with Crippen LogP contribution in [0.2, 0.25) is 0 Å². The Balaban J connectivity index is 1.60. The Bertz CT molecular complexity index is 1020. The molecule has 0 N–H and O–H groups in total. The molecule has 2 fully saturated rings. The molecule has 1 heterocycles. The molecule has 0 aliphatic heterocycles. The topological polar surface area (TPSA) is 33.2 Å². The highest BCUT2D eigenvalue weighted by atomic mass is 16.2.